The van der Waals surface area contributed by atoms with Gasteiger partial charge in [0.2, 0.25) is 0 Å². The highest BCUT2D eigenvalue weighted by molar-refractivity contribution is 5.75. The van der Waals surface area contributed by atoms with Crippen molar-refractivity contribution in [1.82, 2.24) is 15.5 Å². The van der Waals surface area contributed by atoms with E-state index in [4.69, 9.17) is 0 Å². The first-order valence-corrected chi connectivity index (χ1v) is 11.9. The van der Waals surface area contributed by atoms with Crippen LogP contribution >= 0.6 is 0 Å². The summed E-state index contributed by atoms with van der Waals surface area (Å²) in [7, 11) is 4.12. The molecule has 0 saturated carbocycles. The number of aliphatic hydroxyl groups is 1. The summed E-state index contributed by atoms with van der Waals surface area (Å²) in [6, 6.07) is 29.8. The number of rotatable bonds is 11. The second-order valence-corrected chi connectivity index (χ2v) is 9.38. The summed E-state index contributed by atoms with van der Waals surface area (Å²) in [4.78, 5) is 15.5. The number of aliphatic hydroxyl groups excluding tert-OH is 1. The minimum absolute atomic E-state index is 0.111. The third kappa shape index (κ3) is 7.17. The Morgan fingerprint density at radius 3 is 1.85 bits per heavy atom. The van der Waals surface area contributed by atoms with Crippen LogP contribution < -0.4 is 10.6 Å². The fourth-order valence-corrected chi connectivity index (χ4v) is 4.50. The number of carbonyl (C=O) groups excluding carboxylic acids is 1. The summed E-state index contributed by atoms with van der Waals surface area (Å²) < 4.78 is 0. The molecule has 5 nitrogen and oxygen atoms in total. The molecule has 3 N–H and O–H groups in total. The lowest BCUT2D eigenvalue weighted by molar-refractivity contribution is 0.168. The van der Waals surface area contributed by atoms with Crippen LogP contribution in [0.3, 0.4) is 0 Å². The zero-order valence-corrected chi connectivity index (χ0v) is 20.4. The maximum atomic E-state index is 13.3. The summed E-state index contributed by atoms with van der Waals surface area (Å²) in [5.74, 6) is 0.111. The first-order chi connectivity index (χ1) is 16.4. The van der Waals surface area contributed by atoms with Crippen molar-refractivity contribution in [2.24, 2.45) is 5.92 Å². The predicted octanol–water partition coefficient (Wildman–Crippen LogP) is 4.23. The van der Waals surface area contributed by atoms with Crippen molar-refractivity contribution in [1.29, 1.82) is 0 Å². The van der Waals surface area contributed by atoms with Gasteiger partial charge in [0.15, 0.2) is 0 Å². The van der Waals surface area contributed by atoms with Gasteiger partial charge in [-0.25, -0.2) is 4.79 Å². The molecule has 0 bridgehead atoms. The highest BCUT2D eigenvalue weighted by atomic mass is 16.3. The van der Waals surface area contributed by atoms with Gasteiger partial charge in [-0.05, 0) is 50.6 Å². The smallest absolute Gasteiger partial charge is 0.315 e. The molecule has 3 rings (SSSR count). The van der Waals surface area contributed by atoms with Crippen LogP contribution in [0.1, 0.15) is 23.6 Å². The molecule has 0 aromatic heterocycles. The van der Waals surface area contributed by atoms with Gasteiger partial charge in [-0.2, -0.15) is 0 Å². The largest absolute Gasteiger partial charge is 0.394 e. The fourth-order valence-electron chi connectivity index (χ4n) is 4.50. The molecular formula is C29H37N3O2. The van der Waals surface area contributed by atoms with Crippen molar-refractivity contribution in [3.05, 3.63) is 108 Å². The predicted molar refractivity (Wildman–Crippen MR) is 139 cm³/mol. The molecule has 34 heavy (non-hydrogen) atoms. The number of hydrogen-bond donors (Lipinski definition) is 3. The van der Waals surface area contributed by atoms with E-state index < -0.39 is 5.54 Å². The van der Waals surface area contributed by atoms with Gasteiger partial charge in [0.05, 0.1) is 18.2 Å². The molecule has 0 saturated heterocycles. The molecule has 3 aromatic carbocycles. The third-order valence-corrected chi connectivity index (χ3v) is 6.35. The highest BCUT2D eigenvalue weighted by Crippen LogP contribution is 2.33. The molecule has 2 amide bonds. The number of hydrogen-bond acceptors (Lipinski definition) is 3. The molecule has 0 aliphatic heterocycles. The van der Waals surface area contributed by atoms with Gasteiger partial charge in [-0.3, -0.25) is 0 Å². The Labute approximate surface area is 203 Å². The Morgan fingerprint density at radius 2 is 1.35 bits per heavy atom. The average Bonchev–Trinajstić information content (AvgIpc) is 2.84. The summed E-state index contributed by atoms with van der Waals surface area (Å²) in [5.41, 5.74) is 2.73. The van der Waals surface area contributed by atoms with Gasteiger partial charge in [0, 0.05) is 12.5 Å². The van der Waals surface area contributed by atoms with Crippen LogP contribution in [0, 0.1) is 5.92 Å². The lowest BCUT2D eigenvalue weighted by atomic mass is 9.76. The quantitative estimate of drug-likeness (QED) is 0.402. The molecule has 0 aliphatic carbocycles. The van der Waals surface area contributed by atoms with Gasteiger partial charge >= 0.3 is 6.03 Å². The number of nitrogens with one attached hydrogen (secondary N) is 2. The minimum atomic E-state index is -0.627. The minimum Gasteiger partial charge on any atom is -0.394 e. The summed E-state index contributed by atoms with van der Waals surface area (Å²) in [6.45, 7) is 2.77. The van der Waals surface area contributed by atoms with E-state index in [1.165, 1.54) is 5.56 Å². The van der Waals surface area contributed by atoms with E-state index >= 15 is 0 Å². The van der Waals surface area contributed by atoms with Crippen LogP contribution in [0.15, 0.2) is 91.0 Å². The van der Waals surface area contributed by atoms with Crippen LogP contribution in [-0.2, 0) is 18.4 Å². The van der Waals surface area contributed by atoms with Crippen molar-refractivity contribution >= 4 is 6.03 Å². The number of nitrogens with zero attached hydrogens (tertiary/aromatic N) is 1. The zero-order valence-electron chi connectivity index (χ0n) is 20.4. The van der Waals surface area contributed by atoms with Crippen molar-refractivity contribution in [3.63, 3.8) is 0 Å². The Balaban J connectivity index is 1.85. The standard InChI is InChI=1S/C29H37N3O2/c1-29(25-17-11-6-12-18-25,26(21-32(2)3)19-23-13-7-4-8-14-23)31-28(34)30-27(22-33)20-24-15-9-5-10-16-24/h4-18,26-27,33H,19-22H2,1-3H3,(H2,30,31,34)/t26-,27-,29?/m0/s1. The molecule has 180 valence electrons. The van der Waals surface area contributed by atoms with E-state index in [-0.39, 0.29) is 24.6 Å². The van der Waals surface area contributed by atoms with Gasteiger partial charge in [0.25, 0.3) is 0 Å². The third-order valence-electron chi connectivity index (χ3n) is 6.35. The van der Waals surface area contributed by atoms with Crippen LogP contribution in [0.5, 0.6) is 0 Å². The van der Waals surface area contributed by atoms with Crippen LogP contribution in [0.2, 0.25) is 0 Å². The monoisotopic (exact) mass is 459 g/mol. The van der Waals surface area contributed by atoms with Crippen LogP contribution in [-0.4, -0.2) is 49.3 Å². The Morgan fingerprint density at radius 1 is 0.853 bits per heavy atom. The van der Waals surface area contributed by atoms with E-state index in [0.717, 1.165) is 24.1 Å². The van der Waals surface area contributed by atoms with E-state index in [1.807, 2.05) is 54.6 Å². The van der Waals surface area contributed by atoms with Crippen molar-refractivity contribution in [2.45, 2.75) is 31.3 Å². The molecule has 0 spiro atoms. The maximum Gasteiger partial charge on any atom is 0.315 e. The summed E-state index contributed by atoms with van der Waals surface area (Å²) >= 11 is 0. The SMILES string of the molecule is CN(C)C[C@H](Cc1ccccc1)C(C)(NC(=O)N[C@H](CO)Cc1ccccc1)c1ccccc1. The second kappa shape index (κ2) is 12.4. The number of carbonyl (C=O) groups is 1. The molecule has 0 radical (unpaired) electrons. The average molecular weight is 460 g/mol. The molecule has 3 aromatic rings. The van der Waals surface area contributed by atoms with E-state index in [9.17, 15) is 9.90 Å². The van der Waals surface area contributed by atoms with Crippen molar-refractivity contribution in [3.8, 4) is 0 Å². The van der Waals surface area contributed by atoms with Crippen LogP contribution in [0.4, 0.5) is 4.79 Å². The van der Waals surface area contributed by atoms with E-state index in [1.54, 1.807) is 0 Å². The first-order valence-electron chi connectivity index (χ1n) is 11.9. The Hall–Kier alpha value is -3.15. The number of benzene rings is 3. The molecule has 1 unspecified atom stereocenters. The van der Waals surface area contributed by atoms with Gasteiger partial charge < -0.3 is 20.6 Å². The van der Waals surface area contributed by atoms with Crippen LogP contribution in [0.25, 0.3) is 0 Å². The van der Waals surface area contributed by atoms with E-state index in [0.29, 0.717) is 6.42 Å². The normalized spacial score (nSPS) is 14.7. The van der Waals surface area contributed by atoms with Crippen molar-refractivity contribution in [2.75, 3.05) is 27.2 Å². The second-order valence-electron chi connectivity index (χ2n) is 9.38. The molecule has 0 fully saturated rings. The Kier molecular flexibility index (Phi) is 9.25. The molecule has 0 aliphatic rings. The lowest BCUT2D eigenvalue weighted by Crippen LogP contribution is -2.57. The highest BCUT2D eigenvalue weighted by Gasteiger charge is 2.38. The van der Waals surface area contributed by atoms with E-state index in [2.05, 4.69) is 73.0 Å². The van der Waals surface area contributed by atoms with Gasteiger partial charge in [-0.1, -0.05) is 91.0 Å². The molecule has 0 heterocycles. The first kappa shape index (κ1) is 25.5. The van der Waals surface area contributed by atoms with Gasteiger partial charge in [0.1, 0.15) is 0 Å². The molecular weight excluding hydrogens is 422 g/mol. The number of urea groups is 1. The maximum absolute atomic E-state index is 13.3. The topological polar surface area (TPSA) is 64.6 Å². The molecule has 3 atom stereocenters. The molecule has 5 heteroatoms. The number of amides is 2. The zero-order chi connectivity index (χ0) is 24.4. The summed E-state index contributed by atoms with van der Waals surface area (Å²) in [6.07, 6.45) is 1.39. The Bertz CT molecular complexity index is 996. The fraction of sp³-hybridized carbons (Fsp3) is 0.345. The summed E-state index contributed by atoms with van der Waals surface area (Å²) in [5, 5.41) is 16.2. The van der Waals surface area contributed by atoms with Crippen molar-refractivity contribution < 1.29 is 9.90 Å². The van der Waals surface area contributed by atoms with Gasteiger partial charge in [-0.15, -0.1) is 0 Å². The lowest BCUT2D eigenvalue weighted by Gasteiger charge is -2.41.